The minimum atomic E-state index is -1.42. The average molecular weight is 451 g/mol. The standard InChI is InChI=1S/C23H25N5O5/c1-15(29)27(19(13-20(30)31)17-7-5-4-6-8-17)28-21(32)23(2,26(3)22(28)33)18-11-9-16(10-12-18)14-25-24/h4-12,14,19H,13,24H2,1-3H3,(H,30,31). The topological polar surface area (TPSA) is 137 Å². The van der Waals surface area contributed by atoms with Crippen molar-refractivity contribution in [3.05, 3.63) is 71.3 Å². The van der Waals surface area contributed by atoms with Gasteiger partial charge >= 0.3 is 12.0 Å². The van der Waals surface area contributed by atoms with Crippen LogP contribution in [0.3, 0.4) is 0 Å². The number of amides is 4. The van der Waals surface area contributed by atoms with Crippen molar-refractivity contribution in [2.75, 3.05) is 7.05 Å². The molecule has 4 amide bonds. The number of hydrazine groups is 1. The Labute approximate surface area is 190 Å². The van der Waals surface area contributed by atoms with Gasteiger partial charge in [0.1, 0.15) is 5.54 Å². The van der Waals surface area contributed by atoms with Crippen LogP contribution < -0.4 is 5.84 Å². The normalized spacial score (nSPS) is 19.2. The molecule has 10 heteroatoms. The molecule has 2 unspecified atom stereocenters. The minimum Gasteiger partial charge on any atom is -0.481 e. The molecule has 2 aromatic carbocycles. The van der Waals surface area contributed by atoms with Crippen molar-refractivity contribution in [3.8, 4) is 0 Å². The summed E-state index contributed by atoms with van der Waals surface area (Å²) in [5, 5.41) is 14.6. The number of carbonyl (C=O) groups is 4. The number of nitrogens with zero attached hydrogens (tertiary/aromatic N) is 4. The summed E-state index contributed by atoms with van der Waals surface area (Å²) in [4.78, 5) is 52.6. The molecule has 2 aromatic rings. The highest BCUT2D eigenvalue weighted by Gasteiger charge is 2.57. The molecule has 0 aromatic heterocycles. The summed E-state index contributed by atoms with van der Waals surface area (Å²) >= 11 is 0. The zero-order chi connectivity index (χ0) is 24.3. The molecule has 1 aliphatic rings. The average Bonchev–Trinajstić information content (AvgIpc) is 2.96. The Bertz CT molecular complexity index is 1100. The number of aliphatic carboxylic acids is 1. The largest absolute Gasteiger partial charge is 0.481 e. The van der Waals surface area contributed by atoms with Gasteiger partial charge in [0, 0.05) is 14.0 Å². The molecule has 10 nitrogen and oxygen atoms in total. The van der Waals surface area contributed by atoms with Crippen molar-refractivity contribution in [2.45, 2.75) is 31.8 Å². The zero-order valence-corrected chi connectivity index (χ0v) is 18.5. The Morgan fingerprint density at radius 3 is 2.27 bits per heavy atom. The van der Waals surface area contributed by atoms with E-state index in [0.717, 1.165) is 10.0 Å². The third-order valence-electron chi connectivity index (χ3n) is 5.83. The van der Waals surface area contributed by atoms with Crippen LogP contribution in [-0.4, -0.2) is 57.1 Å². The first-order chi connectivity index (χ1) is 15.6. The molecule has 33 heavy (non-hydrogen) atoms. The molecule has 0 spiro atoms. The molecule has 1 saturated heterocycles. The van der Waals surface area contributed by atoms with Crippen LogP contribution in [0.2, 0.25) is 0 Å². The Balaban J connectivity index is 2.09. The summed E-state index contributed by atoms with van der Waals surface area (Å²) in [5.41, 5.74) is 0.278. The van der Waals surface area contributed by atoms with Gasteiger partial charge in [-0.1, -0.05) is 54.6 Å². The summed E-state index contributed by atoms with van der Waals surface area (Å²) in [6.45, 7) is 2.77. The first-order valence-corrected chi connectivity index (χ1v) is 10.2. The molecule has 0 bridgehead atoms. The van der Waals surface area contributed by atoms with Crippen LogP contribution in [0, 0.1) is 0 Å². The lowest BCUT2D eigenvalue weighted by Crippen LogP contribution is -2.52. The van der Waals surface area contributed by atoms with Gasteiger partial charge in [-0.05, 0) is 23.6 Å². The van der Waals surface area contributed by atoms with Crippen LogP contribution in [0.4, 0.5) is 4.79 Å². The van der Waals surface area contributed by atoms with Crippen molar-refractivity contribution >= 4 is 30.0 Å². The van der Waals surface area contributed by atoms with Crippen molar-refractivity contribution < 1.29 is 24.3 Å². The number of carbonyl (C=O) groups excluding carboxylic acids is 3. The van der Waals surface area contributed by atoms with E-state index < -0.39 is 41.8 Å². The number of carboxylic acids is 1. The predicted octanol–water partition coefficient (Wildman–Crippen LogP) is 2.07. The lowest BCUT2D eigenvalue weighted by atomic mass is 9.90. The Kier molecular flexibility index (Phi) is 6.47. The van der Waals surface area contributed by atoms with E-state index in [1.165, 1.54) is 25.1 Å². The Morgan fingerprint density at radius 1 is 1.15 bits per heavy atom. The number of benzene rings is 2. The van der Waals surface area contributed by atoms with Crippen LogP contribution in [0.5, 0.6) is 0 Å². The third kappa shape index (κ3) is 4.14. The van der Waals surface area contributed by atoms with E-state index in [1.54, 1.807) is 61.5 Å². The molecule has 2 atom stereocenters. The van der Waals surface area contributed by atoms with Crippen LogP contribution in [-0.2, 0) is 19.9 Å². The van der Waals surface area contributed by atoms with Crippen LogP contribution in [0.1, 0.15) is 43.0 Å². The number of urea groups is 1. The van der Waals surface area contributed by atoms with E-state index >= 15 is 0 Å². The van der Waals surface area contributed by atoms with Crippen molar-refractivity contribution in [3.63, 3.8) is 0 Å². The maximum atomic E-state index is 13.7. The van der Waals surface area contributed by atoms with Gasteiger partial charge in [-0.25, -0.2) is 9.80 Å². The minimum absolute atomic E-state index is 0.484. The lowest BCUT2D eigenvalue weighted by molar-refractivity contribution is -0.162. The van der Waals surface area contributed by atoms with Gasteiger partial charge in [0.05, 0.1) is 18.7 Å². The molecule has 3 rings (SSSR count). The maximum Gasteiger partial charge on any atom is 0.347 e. The van der Waals surface area contributed by atoms with E-state index in [1.807, 2.05) is 0 Å². The summed E-state index contributed by atoms with van der Waals surface area (Å²) in [5.74, 6) is 2.69. The van der Waals surface area contributed by atoms with Crippen LogP contribution in [0.25, 0.3) is 0 Å². The summed E-state index contributed by atoms with van der Waals surface area (Å²) in [6.07, 6.45) is 0.950. The molecule has 1 aliphatic heterocycles. The molecule has 1 fully saturated rings. The quantitative estimate of drug-likeness (QED) is 0.286. The van der Waals surface area contributed by atoms with E-state index in [9.17, 15) is 24.3 Å². The first kappa shape index (κ1) is 23.5. The summed E-state index contributed by atoms with van der Waals surface area (Å²) < 4.78 is 0. The molecular formula is C23H25N5O5. The maximum absolute atomic E-state index is 13.7. The second kappa shape index (κ2) is 9.11. The van der Waals surface area contributed by atoms with Crippen molar-refractivity contribution in [1.82, 2.24) is 14.9 Å². The Hall–Kier alpha value is -4.21. The second-order valence-corrected chi connectivity index (χ2v) is 7.82. The van der Waals surface area contributed by atoms with Gasteiger partial charge in [-0.3, -0.25) is 14.4 Å². The van der Waals surface area contributed by atoms with Gasteiger partial charge in [-0.2, -0.15) is 10.1 Å². The van der Waals surface area contributed by atoms with E-state index in [2.05, 4.69) is 5.10 Å². The van der Waals surface area contributed by atoms with Gasteiger partial charge in [0.15, 0.2) is 0 Å². The molecule has 172 valence electrons. The molecular weight excluding hydrogens is 426 g/mol. The monoisotopic (exact) mass is 451 g/mol. The molecule has 1 heterocycles. The van der Waals surface area contributed by atoms with Crippen LogP contribution in [0.15, 0.2) is 59.7 Å². The number of imide groups is 1. The summed E-state index contributed by atoms with van der Waals surface area (Å²) in [7, 11) is 1.46. The number of carboxylic acid groups (broad SMARTS) is 1. The smallest absolute Gasteiger partial charge is 0.347 e. The zero-order valence-electron chi connectivity index (χ0n) is 18.5. The first-order valence-electron chi connectivity index (χ1n) is 10.2. The highest BCUT2D eigenvalue weighted by molar-refractivity contribution is 6.08. The molecule has 0 radical (unpaired) electrons. The molecule has 3 N–H and O–H groups in total. The number of likely N-dealkylation sites (N-methyl/N-ethyl adjacent to an activating group) is 1. The summed E-state index contributed by atoms with van der Waals surface area (Å²) in [6, 6.07) is 13.4. The number of hydrogen-bond donors (Lipinski definition) is 2. The lowest BCUT2D eigenvalue weighted by Gasteiger charge is -2.35. The van der Waals surface area contributed by atoms with E-state index in [-0.39, 0.29) is 0 Å². The van der Waals surface area contributed by atoms with Crippen molar-refractivity contribution in [1.29, 1.82) is 0 Å². The number of hydrogen-bond acceptors (Lipinski definition) is 6. The third-order valence-corrected chi connectivity index (χ3v) is 5.83. The highest BCUT2D eigenvalue weighted by Crippen LogP contribution is 2.39. The van der Waals surface area contributed by atoms with Gasteiger partial charge in [-0.15, -0.1) is 0 Å². The fraction of sp³-hybridized carbons (Fsp3) is 0.261. The van der Waals surface area contributed by atoms with Crippen molar-refractivity contribution in [2.24, 2.45) is 10.9 Å². The second-order valence-electron chi connectivity index (χ2n) is 7.82. The molecule has 0 saturated carbocycles. The highest BCUT2D eigenvalue weighted by atomic mass is 16.4. The van der Waals surface area contributed by atoms with Gasteiger partial charge < -0.3 is 15.8 Å². The number of nitrogens with two attached hydrogens (primary N) is 1. The number of hydrazone groups is 1. The predicted molar refractivity (Wildman–Crippen MR) is 120 cm³/mol. The van der Waals surface area contributed by atoms with E-state index in [4.69, 9.17) is 5.84 Å². The van der Waals surface area contributed by atoms with Crippen LogP contribution >= 0.6 is 0 Å². The van der Waals surface area contributed by atoms with Gasteiger partial charge in [0.2, 0.25) is 5.91 Å². The Morgan fingerprint density at radius 2 is 1.76 bits per heavy atom. The fourth-order valence-electron chi connectivity index (χ4n) is 3.94. The van der Waals surface area contributed by atoms with E-state index in [0.29, 0.717) is 16.7 Å². The number of rotatable bonds is 7. The fourth-order valence-corrected chi connectivity index (χ4v) is 3.94. The molecule has 0 aliphatic carbocycles. The van der Waals surface area contributed by atoms with Gasteiger partial charge in [0.25, 0.3) is 5.91 Å². The SMILES string of the molecule is CC(=O)N(C(CC(=O)O)c1ccccc1)N1C(=O)N(C)C(C)(c2ccc(C=NN)cc2)C1=O.